The molecule has 1 aliphatic rings. The largest absolute Gasteiger partial charge is 0.370 e. The monoisotopic (exact) mass is 229 g/mol. The summed E-state index contributed by atoms with van der Waals surface area (Å²) < 4.78 is 0. The zero-order valence-electron chi connectivity index (χ0n) is 9.98. The van der Waals surface area contributed by atoms with Crippen LogP contribution in [0.2, 0.25) is 0 Å². The van der Waals surface area contributed by atoms with Gasteiger partial charge in [0.1, 0.15) is 6.54 Å². The minimum atomic E-state index is -0.0228. The molecule has 6 N–H and O–H groups in total. The highest BCUT2D eigenvalue weighted by atomic mass is 16.2. The molecular formula is C10H23N5O. The zero-order chi connectivity index (χ0) is 12.4. The molecule has 94 valence electrons. The maximum atomic E-state index is 11.4. The van der Waals surface area contributed by atoms with Gasteiger partial charge < -0.3 is 22.1 Å². The first-order valence-electron chi connectivity index (χ1n) is 5.65. The Kier molecular flexibility index (Phi) is 8.24. The number of aliphatic imine (C=N–C) groups is 1. The highest BCUT2D eigenvalue weighted by molar-refractivity contribution is 5.83. The number of nitrogens with zero attached hydrogens (tertiary/aromatic N) is 2. The fraction of sp³-hybridized carbons (Fsp3) is 0.800. The normalized spacial score (nSPS) is 14.8. The predicted octanol–water partition coefficient (Wildman–Crippen LogP) is -0.763. The van der Waals surface area contributed by atoms with Gasteiger partial charge in [0.2, 0.25) is 5.91 Å². The van der Waals surface area contributed by atoms with Crippen molar-refractivity contribution < 1.29 is 4.79 Å². The molecule has 0 aliphatic carbocycles. The summed E-state index contributed by atoms with van der Waals surface area (Å²) in [5.74, 6) is -0.00143. The Morgan fingerprint density at radius 1 is 1.25 bits per heavy atom. The van der Waals surface area contributed by atoms with Gasteiger partial charge in [0, 0.05) is 13.1 Å². The molecule has 1 heterocycles. The Bertz CT molecular complexity index is 219. The molecular weight excluding hydrogens is 206 g/mol. The van der Waals surface area contributed by atoms with Crippen LogP contribution in [0.3, 0.4) is 0 Å². The molecule has 0 aromatic rings. The number of guanidine groups is 1. The van der Waals surface area contributed by atoms with Crippen molar-refractivity contribution in [3.8, 4) is 0 Å². The van der Waals surface area contributed by atoms with Gasteiger partial charge in [-0.1, -0.05) is 6.92 Å². The van der Waals surface area contributed by atoms with Gasteiger partial charge in [-0.05, 0) is 25.8 Å². The zero-order valence-corrected chi connectivity index (χ0v) is 9.98. The average molecular weight is 229 g/mol. The van der Waals surface area contributed by atoms with E-state index in [9.17, 15) is 4.79 Å². The maximum absolute atomic E-state index is 11.4. The summed E-state index contributed by atoms with van der Waals surface area (Å²) in [4.78, 5) is 16.9. The standard InChI is InChI=1S/C8H16N4O.C2H7N/c9-8(10)11-6-7(13)12-4-2-1-3-5-12;1-2-3/h1-6H2,(H4,9,10,11);2-3H2,1H3. The Balaban J connectivity index is 0.000000673. The fourth-order valence-corrected chi connectivity index (χ4v) is 1.40. The van der Waals surface area contributed by atoms with Gasteiger partial charge in [-0.15, -0.1) is 0 Å². The van der Waals surface area contributed by atoms with E-state index in [-0.39, 0.29) is 18.4 Å². The third kappa shape index (κ3) is 7.05. The van der Waals surface area contributed by atoms with Crippen LogP contribution in [0, 0.1) is 0 Å². The molecule has 0 unspecified atom stereocenters. The van der Waals surface area contributed by atoms with Crippen LogP contribution in [0.5, 0.6) is 0 Å². The van der Waals surface area contributed by atoms with E-state index in [4.69, 9.17) is 17.2 Å². The lowest BCUT2D eigenvalue weighted by molar-refractivity contribution is -0.130. The first-order valence-corrected chi connectivity index (χ1v) is 5.65. The predicted molar refractivity (Wildman–Crippen MR) is 65.8 cm³/mol. The van der Waals surface area contributed by atoms with Crippen LogP contribution in [0.25, 0.3) is 0 Å². The van der Waals surface area contributed by atoms with E-state index in [1.807, 2.05) is 11.8 Å². The van der Waals surface area contributed by atoms with Crippen LogP contribution in [-0.4, -0.2) is 42.9 Å². The van der Waals surface area contributed by atoms with E-state index in [1.165, 1.54) is 6.42 Å². The number of likely N-dealkylation sites (tertiary alicyclic amines) is 1. The van der Waals surface area contributed by atoms with Crippen molar-refractivity contribution in [3.63, 3.8) is 0 Å². The average Bonchev–Trinajstić information content (AvgIpc) is 2.28. The van der Waals surface area contributed by atoms with Crippen molar-refractivity contribution in [1.29, 1.82) is 0 Å². The number of carbonyl (C=O) groups excluding carboxylic acids is 1. The van der Waals surface area contributed by atoms with E-state index in [1.54, 1.807) is 0 Å². The van der Waals surface area contributed by atoms with Crippen molar-refractivity contribution in [2.45, 2.75) is 26.2 Å². The lowest BCUT2D eigenvalue weighted by atomic mass is 10.1. The second kappa shape index (κ2) is 8.96. The topological polar surface area (TPSA) is 111 Å². The Labute approximate surface area is 96.9 Å². The number of hydrogen-bond acceptors (Lipinski definition) is 3. The molecule has 0 aromatic heterocycles. The first-order chi connectivity index (χ1) is 7.61. The van der Waals surface area contributed by atoms with E-state index < -0.39 is 0 Å². The molecule has 0 aromatic carbocycles. The van der Waals surface area contributed by atoms with Gasteiger partial charge in [0.25, 0.3) is 0 Å². The molecule has 0 radical (unpaired) electrons. The van der Waals surface area contributed by atoms with Crippen LogP contribution in [0.1, 0.15) is 26.2 Å². The lowest BCUT2D eigenvalue weighted by Gasteiger charge is -2.25. The molecule has 1 amide bonds. The Morgan fingerprint density at radius 3 is 2.19 bits per heavy atom. The van der Waals surface area contributed by atoms with Crippen LogP contribution < -0.4 is 17.2 Å². The van der Waals surface area contributed by atoms with Crippen LogP contribution in [0.4, 0.5) is 0 Å². The van der Waals surface area contributed by atoms with Gasteiger partial charge in [0.15, 0.2) is 5.96 Å². The summed E-state index contributed by atoms with van der Waals surface area (Å²) in [6.45, 7) is 4.43. The molecule has 1 saturated heterocycles. The van der Waals surface area contributed by atoms with Gasteiger partial charge in [-0.2, -0.15) is 0 Å². The van der Waals surface area contributed by atoms with E-state index >= 15 is 0 Å². The molecule has 1 rings (SSSR count). The van der Waals surface area contributed by atoms with Crippen molar-refractivity contribution in [3.05, 3.63) is 0 Å². The molecule has 0 saturated carbocycles. The number of amides is 1. The van der Waals surface area contributed by atoms with Crippen molar-refractivity contribution in [2.75, 3.05) is 26.2 Å². The van der Waals surface area contributed by atoms with E-state index in [0.29, 0.717) is 0 Å². The minimum Gasteiger partial charge on any atom is -0.370 e. The lowest BCUT2D eigenvalue weighted by Crippen LogP contribution is -2.37. The van der Waals surface area contributed by atoms with Crippen LogP contribution in [-0.2, 0) is 4.79 Å². The third-order valence-electron chi connectivity index (χ3n) is 2.11. The van der Waals surface area contributed by atoms with Crippen molar-refractivity contribution in [1.82, 2.24) is 4.90 Å². The van der Waals surface area contributed by atoms with Crippen molar-refractivity contribution in [2.24, 2.45) is 22.2 Å². The second-order valence-electron chi connectivity index (χ2n) is 3.59. The smallest absolute Gasteiger partial charge is 0.244 e. The Morgan fingerprint density at radius 2 is 1.75 bits per heavy atom. The number of piperidine rings is 1. The molecule has 1 fully saturated rings. The highest BCUT2D eigenvalue weighted by Gasteiger charge is 2.15. The first kappa shape index (κ1) is 14.7. The number of hydrogen-bond donors (Lipinski definition) is 3. The maximum Gasteiger partial charge on any atom is 0.244 e. The highest BCUT2D eigenvalue weighted by Crippen LogP contribution is 2.08. The SMILES string of the molecule is CCN.NC(N)=NCC(=O)N1CCCCC1. The molecule has 1 aliphatic heterocycles. The van der Waals surface area contributed by atoms with Crippen molar-refractivity contribution >= 4 is 11.9 Å². The van der Waals surface area contributed by atoms with Gasteiger partial charge in [-0.25, -0.2) is 4.99 Å². The molecule has 6 nitrogen and oxygen atoms in total. The molecule has 0 atom stereocenters. The van der Waals surface area contributed by atoms with E-state index in [0.717, 1.165) is 32.5 Å². The quantitative estimate of drug-likeness (QED) is 0.427. The number of nitrogens with two attached hydrogens (primary N) is 3. The summed E-state index contributed by atoms with van der Waals surface area (Å²) in [5, 5.41) is 0. The third-order valence-corrected chi connectivity index (χ3v) is 2.11. The molecule has 0 bridgehead atoms. The fourth-order valence-electron chi connectivity index (χ4n) is 1.40. The van der Waals surface area contributed by atoms with Gasteiger partial charge in [-0.3, -0.25) is 4.79 Å². The summed E-state index contributed by atoms with van der Waals surface area (Å²) in [7, 11) is 0. The summed E-state index contributed by atoms with van der Waals surface area (Å²) in [5.41, 5.74) is 15.1. The molecule has 6 heteroatoms. The number of carbonyl (C=O) groups is 1. The molecule has 16 heavy (non-hydrogen) atoms. The summed E-state index contributed by atoms with van der Waals surface area (Å²) in [6.07, 6.45) is 3.40. The van der Waals surface area contributed by atoms with Crippen LogP contribution in [0.15, 0.2) is 4.99 Å². The summed E-state index contributed by atoms with van der Waals surface area (Å²) in [6, 6.07) is 0. The van der Waals surface area contributed by atoms with Crippen LogP contribution >= 0.6 is 0 Å². The Hall–Kier alpha value is -1.30. The molecule has 0 spiro atoms. The van der Waals surface area contributed by atoms with Gasteiger partial charge in [0.05, 0.1) is 0 Å². The minimum absolute atomic E-state index is 0.0214. The van der Waals surface area contributed by atoms with Gasteiger partial charge >= 0.3 is 0 Å². The number of rotatable bonds is 2. The van der Waals surface area contributed by atoms with E-state index in [2.05, 4.69) is 4.99 Å². The summed E-state index contributed by atoms with van der Waals surface area (Å²) >= 11 is 0. The second-order valence-corrected chi connectivity index (χ2v) is 3.59.